The summed E-state index contributed by atoms with van der Waals surface area (Å²) in [5, 5.41) is 3.36. The number of hydrogen-bond donors (Lipinski definition) is 1. The van der Waals surface area contributed by atoms with Crippen LogP contribution in [-0.4, -0.2) is 25.3 Å². The van der Waals surface area contributed by atoms with Crippen molar-refractivity contribution in [3.63, 3.8) is 0 Å². The Balaban J connectivity index is 2.11. The molecular formula is C8H15NO. The standard InChI is InChI=1S/C8H15NO/c1-7-2-5-10-8(7)3-4-9-6-8/h7,9H,2-6H2,1H3. The van der Waals surface area contributed by atoms with Crippen LogP contribution in [0.1, 0.15) is 19.8 Å². The monoisotopic (exact) mass is 141 g/mol. The Morgan fingerprint density at radius 1 is 1.60 bits per heavy atom. The zero-order valence-electron chi connectivity index (χ0n) is 6.52. The molecule has 0 aromatic carbocycles. The Hall–Kier alpha value is -0.0800. The van der Waals surface area contributed by atoms with Gasteiger partial charge in [-0.15, -0.1) is 0 Å². The van der Waals surface area contributed by atoms with Gasteiger partial charge in [0.1, 0.15) is 0 Å². The molecule has 2 heterocycles. The maximum absolute atomic E-state index is 5.75. The highest BCUT2D eigenvalue weighted by Gasteiger charge is 2.43. The molecule has 0 amide bonds. The summed E-state index contributed by atoms with van der Waals surface area (Å²) in [6.45, 7) is 5.50. The van der Waals surface area contributed by atoms with Gasteiger partial charge in [-0.1, -0.05) is 6.92 Å². The minimum Gasteiger partial charge on any atom is -0.373 e. The van der Waals surface area contributed by atoms with Crippen LogP contribution in [-0.2, 0) is 4.74 Å². The van der Waals surface area contributed by atoms with Gasteiger partial charge in [0.2, 0.25) is 0 Å². The van der Waals surface area contributed by atoms with E-state index < -0.39 is 0 Å². The summed E-state index contributed by atoms with van der Waals surface area (Å²) in [5.41, 5.74) is 0.236. The molecule has 1 spiro atoms. The fourth-order valence-corrected chi connectivity index (χ4v) is 2.08. The second kappa shape index (κ2) is 2.21. The smallest absolute Gasteiger partial charge is 0.0844 e. The second-order valence-corrected chi connectivity index (χ2v) is 3.53. The first kappa shape index (κ1) is 6.62. The molecule has 1 N–H and O–H groups in total. The summed E-state index contributed by atoms with van der Waals surface area (Å²) in [6.07, 6.45) is 2.47. The first-order valence-electron chi connectivity index (χ1n) is 4.18. The van der Waals surface area contributed by atoms with Gasteiger partial charge in [0.25, 0.3) is 0 Å². The van der Waals surface area contributed by atoms with Crippen molar-refractivity contribution in [1.82, 2.24) is 5.32 Å². The lowest BCUT2D eigenvalue weighted by Gasteiger charge is -2.26. The SMILES string of the molecule is CC1CCOC12CCNC2. The van der Waals surface area contributed by atoms with Gasteiger partial charge in [-0.3, -0.25) is 0 Å². The van der Waals surface area contributed by atoms with Gasteiger partial charge in [-0.2, -0.15) is 0 Å². The summed E-state index contributed by atoms with van der Waals surface area (Å²) in [6, 6.07) is 0. The minimum atomic E-state index is 0.236. The van der Waals surface area contributed by atoms with E-state index in [0.29, 0.717) is 0 Å². The maximum Gasteiger partial charge on any atom is 0.0844 e. The molecule has 2 heteroatoms. The van der Waals surface area contributed by atoms with Crippen LogP contribution in [0.25, 0.3) is 0 Å². The van der Waals surface area contributed by atoms with Gasteiger partial charge in [0, 0.05) is 13.2 Å². The Morgan fingerprint density at radius 2 is 2.50 bits per heavy atom. The van der Waals surface area contributed by atoms with Crippen LogP contribution < -0.4 is 5.32 Å². The van der Waals surface area contributed by atoms with E-state index in [9.17, 15) is 0 Å². The highest BCUT2D eigenvalue weighted by molar-refractivity contribution is 4.96. The lowest BCUT2D eigenvalue weighted by atomic mass is 9.88. The minimum absolute atomic E-state index is 0.236. The zero-order valence-corrected chi connectivity index (χ0v) is 6.52. The van der Waals surface area contributed by atoms with Crippen molar-refractivity contribution < 1.29 is 4.74 Å². The maximum atomic E-state index is 5.75. The molecule has 2 atom stereocenters. The summed E-state index contributed by atoms with van der Waals surface area (Å²) >= 11 is 0. The van der Waals surface area contributed by atoms with Crippen molar-refractivity contribution >= 4 is 0 Å². The predicted molar refractivity (Wildman–Crippen MR) is 40.0 cm³/mol. The molecular weight excluding hydrogens is 126 g/mol. The highest BCUT2D eigenvalue weighted by Crippen LogP contribution is 2.36. The Labute approximate surface area is 61.9 Å². The summed E-state index contributed by atoms with van der Waals surface area (Å²) in [5.74, 6) is 0.766. The second-order valence-electron chi connectivity index (χ2n) is 3.53. The topological polar surface area (TPSA) is 21.3 Å². The summed E-state index contributed by atoms with van der Waals surface area (Å²) in [4.78, 5) is 0. The molecule has 58 valence electrons. The Bertz CT molecular complexity index is 124. The van der Waals surface area contributed by atoms with E-state index in [1.807, 2.05) is 0 Å². The van der Waals surface area contributed by atoms with Gasteiger partial charge in [-0.05, 0) is 25.3 Å². The quantitative estimate of drug-likeness (QED) is 0.538. The van der Waals surface area contributed by atoms with E-state index in [-0.39, 0.29) is 5.60 Å². The fourth-order valence-electron chi connectivity index (χ4n) is 2.08. The predicted octanol–water partition coefficient (Wildman–Crippen LogP) is 0.775. The van der Waals surface area contributed by atoms with Gasteiger partial charge >= 0.3 is 0 Å². The van der Waals surface area contributed by atoms with E-state index >= 15 is 0 Å². The number of hydrogen-bond acceptors (Lipinski definition) is 2. The van der Waals surface area contributed by atoms with Crippen LogP contribution in [0.5, 0.6) is 0 Å². The van der Waals surface area contributed by atoms with Crippen molar-refractivity contribution in [1.29, 1.82) is 0 Å². The summed E-state index contributed by atoms with van der Waals surface area (Å²) in [7, 11) is 0. The fraction of sp³-hybridized carbons (Fsp3) is 1.00. The highest BCUT2D eigenvalue weighted by atomic mass is 16.5. The normalized spacial score (nSPS) is 47.1. The molecule has 2 saturated heterocycles. The summed E-state index contributed by atoms with van der Waals surface area (Å²) < 4.78 is 5.75. The van der Waals surface area contributed by atoms with E-state index in [1.54, 1.807) is 0 Å². The largest absolute Gasteiger partial charge is 0.373 e. The van der Waals surface area contributed by atoms with Gasteiger partial charge < -0.3 is 10.1 Å². The lowest BCUT2D eigenvalue weighted by Crippen LogP contribution is -2.36. The number of rotatable bonds is 0. The molecule has 0 saturated carbocycles. The molecule has 0 aromatic rings. The zero-order chi connectivity index (χ0) is 7.03. The molecule has 2 rings (SSSR count). The molecule has 2 nitrogen and oxygen atoms in total. The van der Waals surface area contributed by atoms with E-state index in [4.69, 9.17) is 4.74 Å². The van der Waals surface area contributed by atoms with Crippen molar-refractivity contribution in [2.75, 3.05) is 19.7 Å². The van der Waals surface area contributed by atoms with Gasteiger partial charge in [0.15, 0.2) is 0 Å². The van der Waals surface area contributed by atoms with Gasteiger partial charge in [-0.25, -0.2) is 0 Å². The molecule has 0 aromatic heterocycles. The van der Waals surface area contributed by atoms with Crippen LogP contribution in [0.15, 0.2) is 0 Å². The van der Waals surface area contributed by atoms with Crippen LogP contribution in [0.3, 0.4) is 0 Å². The van der Waals surface area contributed by atoms with Crippen molar-refractivity contribution in [3.05, 3.63) is 0 Å². The Morgan fingerprint density at radius 3 is 3.00 bits per heavy atom. The first-order chi connectivity index (χ1) is 4.83. The number of nitrogens with one attached hydrogen (secondary N) is 1. The van der Waals surface area contributed by atoms with Crippen LogP contribution in [0.4, 0.5) is 0 Å². The lowest BCUT2D eigenvalue weighted by molar-refractivity contribution is 0.00000906. The molecule has 2 aliphatic rings. The average molecular weight is 141 g/mol. The van der Waals surface area contributed by atoms with Crippen molar-refractivity contribution in [2.45, 2.75) is 25.4 Å². The third-order valence-corrected chi connectivity index (χ3v) is 2.99. The molecule has 0 bridgehead atoms. The molecule has 2 unspecified atom stereocenters. The average Bonchev–Trinajstić information content (AvgIpc) is 2.48. The Kier molecular flexibility index (Phi) is 1.46. The third kappa shape index (κ3) is 0.789. The van der Waals surface area contributed by atoms with Crippen molar-refractivity contribution in [2.24, 2.45) is 5.92 Å². The van der Waals surface area contributed by atoms with Gasteiger partial charge in [0.05, 0.1) is 5.60 Å². The van der Waals surface area contributed by atoms with Crippen LogP contribution in [0.2, 0.25) is 0 Å². The van der Waals surface area contributed by atoms with E-state index in [2.05, 4.69) is 12.2 Å². The third-order valence-electron chi connectivity index (χ3n) is 2.99. The first-order valence-corrected chi connectivity index (χ1v) is 4.18. The molecule has 0 aliphatic carbocycles. The molecule has 2 fully saturated rings. The van der Waals surface area contributed by atoms with Crippen LogP contribution >= 0.6 is 0 Å². The van der Waals surface area contributed by atoms with Crippen LogP contribution in [0, 0.1) is 5.92 Å². The van der Waals surface area contributed by atoms with Crippen molar-refractivity contribution in [3.8, 4) is 0 Å². The van der Waals surface area contributed by atoms with E-state index in [1.165, 1.54) is 12.8 Å². The molecule has 0 radical (unpaired) electrons. The molecule has 10 heavy (non-hydrogen) atoms. The van der Waals surface area contributed by atoms with E-state index in [0.717, 1.165) is 25.6 Å². The molecule has 2 aliphatic heterocycles. The number of ether oxygens (including phenoxy) is 1.